The molecule has 0 atom stereocenters. The van der Waals surface area contributed by atoms with Crippen LogP contribution in [-0.2, 0) is 0 Å². The predicted molar refractivity (Wildman–Crippen MR) is 94.5 cm³/mol. The molecule has 0 radical (unpaired) electrons. The molecular formula is C17H13FN8. The van der Waals surface area contributed by atoms with E-state index < -0.39 is 5.82 Å². The van der Waals surface area contributed by atoms with Gasteiger partial charge in [0.15, 0.2) is 11.5 Å². The first kappa shape index (κ1) is 15.8. The summed E-state index contributed by atoms with van der Waals surface area (Å²) in [4.78, 5) is 12.5. The summed E-state index contributed by atoms with van der Waals surface area (Å²) < 4.78 is 16.1. The molecule has 26 heavy (non-hydrogen) atoms. The zero-order valence-corrected chi connectivity index (χ0v) is 13.5. The fraction of sp³-hybridized carbons (Fsp3) is 0. The number of aromatic nitrogens is 7. The summed E-state index contributed by atoms with van der Waals surface area (Å²) in [5.74, 6) is -0.419. The van der Waals surface area contributed by atoms with Crippen LogP contribution < -0.4 is 6.15 Å². The quantitative estimate of drug-likeness (QED) is 0.506. The van der Waals surface area contributed by atoms with Crippen molar-refractivity contribution in [2.45, 2.75) is 0 Å². The average molecular weight is 348 g/mol. The van der Waals surface area contributed by atoms with Crippen molar-refractivity contribution in [1.82, 2.24) is 41.1 Å². The second kappa shape index (κ2) is 5.97. The van der Waals surface area contributed by atoms with Gasteiger partial charge in [0, 0.05) is 35.6 Å². The first-order chi connectivity index (χ1) is 12.3. The first-order valence-corrected chi connectivity index (χ1v) is 7.53. The maximum atomic E-state index is 14.7. The minimum Gasteiger partial charge on any atom is -0.344 e. The van der Waals surface area contributed by atoms with E-state index in [1.54, 1.807) is 30.9 Å². The van der Waals surface area contributed by atoms with Crippen LogP contribution in [0.2, 0.25) is 0 Å². The third-order valence-corrected chi connectivity index (χ3v) is 4.02. The molecule has 4 heterocycles. The van der Waals surface area contributed by atoms with Gasteiger partial charge in [-0.15, -0.1) is 0 Å². The Morgan fingerprint density at radius 2 is 2.00 bits per heavy atom. The SMILES string of the molecule is Fc1cc2[nH]ncc2cc1-n1nc(-c2cccnc2)c2cncnc21.N. The molecule has 0 bridgehead atoms. The molecule has 4 N–H and O–H groups in total. The van der Waals surface area contributed by atoms with Crippen molar-refractivity contribution in [3.8, 4) is 16.9 Å². The van der Waals surface area contributed by atoms with Gasteiger partial charge in [0.2, 0.25) is 0 Å². The van der Waals surface area contributed by atoms with E-state index in [1.165, 1.54) is 17.1 Å². The molecule has 0 fully saturated rings. The predicted octanol–water partition coefficient (Wildman–Crippen LogP) is 3.05. The van der Waals surface area contributed by atoms with Crippen LogP contribution in [-0.4, -0.2) is 34.9 Å². The third-order valence-electron chi connectivity index (χ3n) is 4.02. The number of halogens is 1. The number of aromatic amines is 1. The molecule has 0 saturated carbocycles. The lowest BCUT2D eigenvalue weighted by molar-refractivity contribution is 0.614. The lowest BCUT2D eigenvalue weighted by atomic mass is 10.2. The molecule has 5 rings (SSSR count). The molecule has 0 amide bonds. The Bertz CT molecular complexity index is 1210. The van der Waals surface area contributed by atoms with Gasteiger partial charge in [-0.2, -0.15) is 10.2 Å². The largest absolute Gasteiger partial charge is 0.344 e. The highest BCUT2D eigenvalue weighted by Gasteiger charge is 2.18. The van der Waals surface area contributed by atoms with Gasteiger partial charge in [-0.1, -0.05) is 0 Å². The normalized spacial score (nSPS) is 11.0. The van der Waals surface area contributed by atoms with E-state index >= 15 is 0 Å². The molecule has 0 aliphatic carbocycles. The Kier molecular flexibility index (Phi) is 3.63. The molecule has 128 valence electrons. The van der Waals surface area contributed by atoms with E-state index in [-0.39, 0.29) is 6.15 Å². The standard InChI is InChI=1S/C17H10FN7.H3N/c18-13-5-14-11(7-22-23-14)4-15(13)25-17-12(8-20-9-21-17)16(24-25)10-2-1-3-19-6-10;/h1-9H,(H,22,23);1H3. The molecule has 4 aromatic heterocycles. The molecule has 0 aliphatic rings. The van der Waals surface area contributed by atoms with Crippen LogP contribution in [0.5, 0.6) is 0 Å². The Labute approximate surface area is 146 Å². The first-order valence-electron chi connectivity index (χ1n) is 7.53. The number of pyridine rings is 1. The van der Waals surface area contributed by atoms with Crippen LogP contribution in [0.3, 0.4) is 0 Å². The molecule has 5 aromatic rings. The van der Waals surface area contributed by atoms with Crippen LogP contribution in [0, 0.1) is 5.82 Å². The number of benzene rings is 1. The number of hydrogen-bond acceptors (Lipinski definition) is 6. The monoisotopic (exact) mass is 348 g/mol. The smallest absolute Gasteiger partial charge is 0.166 e. The maximum Gasteiger partial charge on any atom is 0.166 e. The van der Waals surface area contributed by atoms with Crippen LogP contribution in [0.1, 0.15) is 0 Å². The van der Waals surface area contributed by atoms with Gasteiger partial charge < -0.3 is 6.15 Å². The van der Waals surface area contributed by atoms with Crippen LogP contribution in [0.25, 0.3) is 38.9 Å². The van der Waals surface area contributed by atoms with Crippen molar-refractivity contribution in [3.63, 3.8) is 0 Å². The fourth-order valence-corrected chi connectivity index (χ4v) is 2.86. The maximum absolute atomic E-state index is 14.7. The lowest BCUT2D eigenvalue weighted by Crippen LogP contribution is -2.01. The average Bonchev–Trinajstić information content (AvgIpc) is 3.26. The molecular weight excluding hydrogens is 335 g/mol. The molecule has 0 spiro atoms. The molecule has 1 aromatic carbocycles. The zero-order chi connectivity index (χ0) is 16.8. The van der Waals surface area contributed by atoms with E-state index in [0.29, 0.717) is 22.5 Å². The second-order valence-electron chi connectivity index (χ2n) is 5.52. The molecule has 0 saturated heterocycles. The minimum atomic E-state index is -0.419. The Morgan fingerprint density at radius 3 is 2.85 bits per heavy atom. The summed E-state index contributed by atoms with van der Waals surface area (Å²) in [6, 6.07) is 6.80. The summed E-state index contributed by atoms with van der Waals surface area (Å²) in [6.45, 7) is 0. The third kappa shape index (κ3) is 2.30. The van der Waals surface area contributed by atoms with E-state index in [2.05, 4.69) is 30.2 Å². The van der Waals surface area contributed by atoms with Crippen LogP contribution in [0.15, 0.2) is 55.4 Å². The summed E-state index contributed by atoms with van der Waals surface area (Å²) in [7, 11) is 0. The Morgan fingerprint density at radius 1 is 1.08 bits per heavy atom. The summed E-state index contributed by atoms with van der Waals surface area (Å²) in [5, 5.41) is 12.8. The van der Waals surface area contributed by atoms with Crippen LogP contribution >= 0.6 is 0 Å². The molecule has 0 aliphatic heterocycles. The highest BCUT2D eigenvalue weighted by molar-refractivity contribution is 5.91. The van der Waals surface area contributed by atoms with E-state index in [1.807, 2.05) is 12.1 Å². The summed E-state index contributed by atoms with van der Waals surface area (Å²) in [6.07, 6.45) is 8.12. The zero-order valence-electron chi connectivity index (χ0n) is 13.5. The van der Waals surface area contributed by atoms with Gasteiger partial charge in [0.05, 0.1) is 17.1 Å². The number of H-pyrrole nitrogens is 1. The number of fused-ring (bicyclic) bond motifs is 2. The van der Waals surface area contributed by atoms with Crippen molar-refractivity contribution >= 4 is 21.9 Å². The molecule has 9 heteroatoms. The van der Waals surface area contributed by atoms with Crippen molar-refractivity contribution < 1.29 is 4.39 Å². The van der Waals surface area contributed by atoms with E-state index in [0.717, 1.165) is 16.3 Å². The van der Waals surface area contributed by atoms with Crippen molar-refractivity contribution in [2.75, 3.05) is 0 Å². The highest BCUT2D eigenvalue weighted by Crippen LogP contribution is 2.29. The Balaban J connectivity index is 0.00000168. The highest BCUT2D eigenvalue weighted by atomic mass is 19.1. The topological polar surface area (TPSA) is 120 Å². The van der Waals surface area contributed by atoms with Crippen molar-refractivity contribution in [2.24, 2.45) is 0 Å². The lowest BCUT2D eigenvalue weighted by Gasteiger charge is -2.04. The van der Waals surface area contributed by atoms with E-state index in [4.69, 9.17) is 0 Å². The van der Waals surface area contributed by atoms with Crippen LogP contribution in [0.4, 0.5) is 4.39 Å². The van der Waals surface area contributed by atoms with Crippen molar-refractivity contribution in [1.29, 1.82) is 0 Å². The van der Waals surface area contributed by atoms with E-state index in [9.17, 15) is 4.39 Å². The van der Waals surface area contributed by atoms with Crippen molar-refractivity contribution in [3.05, 3.63) is 61.2 Å². The number of rotatable bonds is 2. The number of nitrogens with one attached hydrogen (secondary N) is 1. The second-order valence-corrected chi connectivity index (χ2v) is 5.52. The number of hydrogen-bond donors (Lipinski definition) is 2. The van der Waals surface area contributed by atoms with Gasteiger partial charge >= 0.3 is 0 Å². The van der Waals surface area contributed by atoms with Gasteiger partial charge in [-0.05, 0) is 18.2 Å². The molecule has 8 nitrogen and oxygen atoms in total. The van der Waals surface area contributed by atoms with Gasteiger partial charge in [-0.3, -0.25) is 10.1 Å². The number of nitrogens with zero attached hydrogens (tertiary/aromatic N) is 6. The Hall–Kier alpha value is -3.72. The minimum absolute atomic E-state index is 0. The fourth-order valence-electron chi connectivity index (χ4n) is 2.86. The summed E-state index contributed by atoms with van der Waals surface area (Å²) in [5.41, 5.74) is 2.91. The summed E-state index contributed by atoms with van der Waals surface area (Å²) >= 11 is 0. The molecule has 0 unspecified atom stereocenters. The van der Waals surface area contributed by atoms with Gasteiger partial charge in [-0.25, -0.2) is 19.0 Å². The van der Waals surface area contributed by atoms with Gasteiger partial charge in [0.25, 0.3) is 0 Å². The van der Waals surface area contributed by atoms with Gasteiger partial charge in [0.1, 0.15) is 17.7 Å².